The van der Waals surface area contributed by atoms with E-state index >= 15 is 0 Å². The van der Waals surface area contributed by atoms with Crippen molar-refractivity contribution < 1.29 is 14.4 Å². The molecule has 3 rings (SSSR count). The third-order valence-corrected chi connectivity index (χ3v) is 7.14. The first-order valence-electron chi connectivity index (χ1n) is 13.5. The quantitative estimate of drug-likeness (QED) is 0.325. The molecule has 0 N–H and O–H groups in total. The van der Waals surface area contributed by atoms with E-state index in [4.69, 9.17) is 0 Å². The molecule has 0 bridgehead atoms. The number of ketones is 3. The second-order valence-electron chi connectivity index (χ2n) is 10.2. The summed E-state index contributed by atoms with van der Waals surface area (Å²) in [6, 6.07) is 14.5. The standard InChI is InChI=1S/C29H36O3.C3H8/c1-5-22(6-2)24(18-25(31)14-20(4)30)15-21-16-27-26(23-10-8-7-9-11-23)13-12-19(3)29(27)28(32)17-21;1-3-2/h7-13,21-22,24H,5-6,14-18H2,1-4H3;3H2,1-2H3. The van der Waals surface area contributed by atoms with Gasteiger partial charge in [0.05, 0.1) is 6.42 Å². The average molecular weight is 477 g/mol. The predicted molar refractivity (Wildman–Crippen MR) is 146 cm³/mol. The molecule has 190 valence electrons. The number of aryl methyl sites for hydroxylation is 1. The topological polar surface area (TPSA) is 51.2 Å². The van der Waals surface area contributed by atoms with E-state index in [2.05, 4.69) is 52.0 Å². The smallest absolute Gasteiger partial charge is 0.163 e. The first kappa shape index (κ1) is 28.7. The molecule has 0 fully saturated rings. The maximum Gasteiger partial charge on any atom is 0.163 e. The van der Waals surface area contributed by atoms with Crippen molar-refractivity contribution in [3.63, 3.8) is 0 Å². The first-order valence-corrected chi connectivity index (χ1v) is 13.5. The number of hydrogen-bond acceptors (Lipinski definition) is 3. The van der Waals surface area contributed by atoms with Crippen molar-refractivity contribution in [3.05, 3.63) is 59.2 Å². The van der Waals surface area contributed by atoms with Crippen molar-refractivity contribution in [1.82, 2.24) is 0 Å². The van der Waals surface area contributed by atoms with Crippen LogP contribution in [0, 0.1) is 24.7 Å². The van der Waals surface area contributed by atoms with Gasteiger partial charge in [0.1, 0.15) is 11.6 Å². The maximum absolute atomic E-state index is 13.2. The van der Waals surface area contributed by atoms with E-state index < -0.39 is 0 Å². The van der Waals surface area contributed by atoms with Gasteiger partial charge in [0, 0.05) is 18.4 Å². The van der Waals surface area contributed by atoms with Crippen LogP contribution in [0.5, 0.6) is 0 Å². The Kier molecular flexibility index (Phi) is 11.6. The van der Waals surface area contributed by atoms with Crippen LogP contribution < -0.4 is 0 Å². The molecule has 0 amide bonds. The summed E-state index contributed by atoms with van der Waals surface area (Å²) in [5.41, 5.74) is 5.41. The zero-order chi connectivity index (χ0) is 26.0. The van der Waals surface area contributed by atoms with Crippen molar-refractivity contribution in [2.45, 2.75) is 92.9 Å². The zero-order valence-corrected chi connectivity index (χ0v) is 22.7. The zero-order valence-electron chi connectivity index (χ0n) is 22.7. The Labute approximate surface area is 212 Å². The highest BCUT2D eigenvalue weighted by molar-refractivity contribution is 6.02. The monoisotopic (exact) mass is 476 g/mol. The maximum atomic E-state index is 13.2. The SMILES string of the molecule is CCC.CCC(CC)C(CC(=O)CC(C)=O)CC1CC(=O)c2c(C)ccc(-c3ccccc3)c2C1. The fourth-order valence-electron chi connectivity index (χ4n) is 5.61. The minimum absolute atomic E-state index is 0.0282. The van der Waals surface area contributed by atoms with Crippen LogP contribution in [-0.4, -0.2) is 17.3 Å². The second kappa shape index (κ2) is 14.1. The highest BCUT2D eigenvalue weighted by Crippen LogP contribution is 2.40. The molecule has 1 aliphatic carbocycles. The largest absolute Gasteiger partial charge is 0.300 e. The number of carbonyl (C=O) groups excluding carboxylic acids is 3. The predicted octanol–water partition coefficient (Wildman–Crippen LogP) is 8.20. The molecule has 2 aromatic carbocycles. The molecule has 0 saturated heterocycles. The summed E-state index contributed by atoms with van der Waals surface area (Å²) in [7, 11) is 0. The van der Waals surface area contributed by atoms with Crippen molar-refractivity contribution in [2.75, 3.05) is 0 Å². The van der Waals surface area contributed by atoms with Gasteiger partial charge in [-0.1, -0.05) is 89.4 Å². The lowest BCUT2D eigenvalue weighted by atomic mass is 9.71. The highest BCUT2D eigenvalue weighted by atomic mass is 16.1. The molecule has 0 radical (unpaired) electrons. The van der Waals surface area contributed by atoms with Gasteiger partial charge in [-0.15, -0.1) is 0 Å². The molecule has 0 spiro atoms. The molecular weight excluding hydrogens is 432 g/mol. The van der Waals surface area contributed by atoms with Gasteiger partial charge >= 0.3 is 0 Å². The van der Waals surface area contributed by atoms with E-state index in [-0.39, 0.29) is 35.6 Å². The van der Waals surface area contributed by atoms with Gasteiger partial charge in [-0.3, -0.25) is 14.4 Å². The van der Waals surface area contributed by atoms with E-state index in [0.29, 0.717) is 18.8 Å². The Morgan fingerprint density at radius 2 is 1.54 bits per heavy atom. The van der Waals surface area contributed by atoms with Gasteiger partial charge in [0.15, 0.2) is 5.78 Å². The third kappa shape index (κ3) is 7.98. The minimum atomic E-state index is -0.0666. The molecule has 0 saturated carbocycles. The molecule has 2 aromatic rings. The number of benzene rings is 2. The van der Waals surface area contributed by atoms with E-state index in [1.54, 1.807) is 0 Å². The van der Waals surface area contributed by atoms with E-state index in [1.807, 2.05) is 25.1 Å². The van der Waals surface area contributed by atoms with Gasteiger partial charge in [0.2, 0.25) is 0 Å². The molecule has 1 aliphatic rings. The van der Waals surface area contributed by atoms with E-state index in [0.717, 1.165) is 53.5 Å². The van der Waals surface area contributed by atoms with Gasteiger partial charge in [-0.05, 0) is 66.7 Å². The van der Waals surface area contributed by atoms with Crippen molar-refractivity contribution in [3.8, 4) is 11.1 Å². The normalized spacial score (nSPS) is 15.7. The van der Waals surface area contributed by atoms with Crippen LogP contribution in [0.2, 0.25) is 0 Å². The number of fused-ring (bicyclic) bond motifs is 1. The Morgan fingerprint density at radius 3 is 2.11 bits per heavy atom. The summed E-state index contributed by atoms with van der Waals surface area (Å²) in [6.07, 6.45) is 6.03. The molecule has 0 aliphatic heterocycles. The first-order chi connectivity index (χ1) is 16.7. The molecule has 3 heteroatoms. The van der Waals surface area contributed by atoms with Gasteiger partial charge in [-0.25, -0.2) is 0 Å². The average Bonchev–Trinajstić information content (AvgIpc) is 2.80. The Bertz CT molecular complexity index is 985. The summed E-state index contributed by atoms with van der Waals surface area (Å²) in [5.74, 6) is 1.09. The fraction of sp³-hybridized carbons (Fsp3) is 0.531. The Morgan fingerprint density at radius 1 is 0.914 bits per heavy atom. The van der Waals surface area contributed by atoms with E-state index in [9.17, 15) is 14.4 Å². The Balaban J connectivity index is 0.00000137. The lowest BCUT2D eigenvalue weighted by Gasteiger charge is -2.32. The minimum Gasteiger partial charge on any atom is -0.300 e. The van der Waals surface area contributed by atoms with Crippen LogP contribution in [0.25, 0.3) is 11.1 Å². The summed E-state index contributed by atoms with van der Waals surface area (Å²) in [5, 5.41) is 0. The van der Waals surface area contributed by atoms with Gasteiger partial charge < -0.3 is 0 Å². The third-order valence-electron chi connectivity index (χ3n) is 7.14. The highest BCUT2D eigenvalue weighted by Gasteiger charge is 2.32. The van der Waals surface area contributed by atoms with Crippen LogP contribution >= 0.6 is 0 Å². The summed E-state index contributed by atoms with van der Waals surface area (Å²) in [6.45, 7) is 12.1. The van der Waals surface area contributed by atoms with Crippen molar-refractivity contribution in [1.29, 1.82) is 0 Å². The number of carbonyl (C=O) groups is 3. The Hall–Kier alpha value is -2.55. The second-order valence-corrected chi connectivity index (χ2v) is 10.2. The molecule has 0 aromatic heterocycles. The lowest BCUT2D eigenvalue weighted by molar-refractivity contribution is -0.126. The number of rotatable bonds is 10. The van der Waals surface area contributed by atoms with Gasteiger partial charge in [-0.2, -0.15) is 0 Å². The van der Waals surface area contributed by atoms with Gasteiger partial charge in [0.25, 0.3) is 0 Å². The van der Waals surface area contributed by atoms with Crippen LogP contribution in [-0.2, 0) is 16.0 Å². The molecular formula is C32H44O3. The van der Waals surface area contributed by atoms with Crippen molar-refractivity contribution in [2.24, 2.45) is 17.8 Å². The number of Topliss-reactive ketones (excluding diaryl/α,β-unsaturated/α-hetero) is 3. The van der Waals surface area contributed by atoms with Crippen LogP contribution in [0.4, 0.5) is 0 Å². The van der Waals surface area contributed by atoms with Crippen LogP contribution in [0.3, 0.4) is 0 Å². The van der Waals surface area contributed by atoms with Crippen molar-refractivity contribution >= 4 is 17.3 Å². The molecule has 2 atom stereocenters. The lowest BCUT2D eigenvalue weighted by Crippen LogP contribution is -2.27. The number of hydrogen-bond donors (Lipinski definition) is 0. The van der Waals surface area contributed by atoms with Crippen LogP contribution in [0.15, 0.2) is 42.5 Å². The summed E-state index contributed by atoms with van der Waals surface area (Å²) < 4.78 is 0. The molecule has 2 unspecified atom stereocenters. The molecule has 35 heavy (non-hydrogen) atoms. The van der Waals surface area contributed by atoms with E-state index in [1.165, 1.54) is 13.3 Å². The molecule has 3 nitrogen and oxygen atoms in total. The summed E-state index contributed by atoms with van der Waals surface area (Å²) in [4.78, 5) is 37.2. The molecule has 0 heterocycles. The van der Waals surface area contributed by atoms with Crippen LogP contribution in [0.1, 0.15) is 101 Å². The fourth-order valence-corrected chi connectivity index (χ4v) is 5.61. The summed E-state index contributed by atoms with van der Waals surface area (Å²) >= 11 is 0.